The highest BCUT2D eigenvalue weighted by atomic mass is 16.5. The van der Waals surface area contributed by atoms with Gasteiger partial charge in [0.2, 0.25) is 5.88 Å². The second-order valence-electron chi connectivity index (χ2n) is 6.30. The predicted octanol–water partition coefficient (Wildman–Crippen LogP) is 2.64. The van der Waals surface area contributed by atoms with Gasteiger partial charge in [0, 0.05) is 24.5 Å². The van der Waals surface area contributed by atoms with Crippen molar-refractivity contribution in [2.24, 2.45) is 0 Å². The maximum Gasteiger partial charge on any atom is 0.254 e. The minimum absolute atomic E-state index is 0.0504. The van der Waals surface area contributed by atoms with E-state index in [1.54, 1.807) is 13.2 Å². The molecule has 0 saturated carbocycles. The third kappa shape index (κ3) is 2.45. The van der Waals surface area contributed by atoms with Gasteiger partial charge in [-0.1, -0.05) is 18.2 Å². The summed E-state index contributed by atoms with van der Waals surface area (Å²) in [5.41, 5.74) is 1.50. The molecule has 0 atom stereocenters. The number of ether oxygens (including phenoxy) is 2. The summed E-state index contributed by atoms with van der Waals surface area (Å²) in [5, 5.41) is 0.874. The molecule has 2 saturated heterocycles. The number of amides is 1. The van der Waals surface area contributed by atoms with E-state index in [0.29, 0.717) is 11.4 Å². The molecule has 120 valence electrons. The van der Waals surface area contributed by atoms with E-state index in [1.807, 2.05) is 29.2 Å². The molecule has 5 nitrogen and oxygen atoms in total. The molecule has 2 aromatic rings. The Bertz CT molecular complexity index is 745. The van der Waals surface area contributed by atoms with E-state index >= 15 is 0 Å². The largest absolute Gasteiger partial charge is 0.481 e. The van der Waals surface area contributed by atoms with Crippen LogP contribution in [0.5, 0.6) is 5.88 Å². The Morgan fingerprint density at radius 3 is 2.65 bits per heavy atom. The molecule has 0 unspecified atom stereocenters. The lowest BCUT2D eigenvalue weighted by Gasteiger charge is -2.47. The van der Waals surface area contributed by atoms with Crippen molar-refractivity contribution in [3.8, 4) is 5.88 Å². The molecule has 2 aliphatic rings. The Kier molecular flexibility index (Phi) is 3.45. The number of methoxy groups -OCH3 is 1. The highest BCUT2D eigenvalue weighted by Crippen LogP contribution is 2.37. The van der Waals surface area contributed by atoms with Crippen molar-refractivity contribution in [3.05, 3.63) is 35.9 Å². The fourth-order valence-electron chi connectivity index (χ4n) is 3.51. The average Bonchev–Trinajstić information content (AvgIpc) is 2.59. The third-order valence-corrected chi connectivity index (χ3v) is 5.06. The van der Waals surface area contributed by atoms with Crippen LogP contribution in [0.25, 0.3) is 10.9 Å². The number of carbonyl (C=O) groups is 1. The first-order chi connectivity index (χ1) is 11.2. The Morgan fingerprint density at radius 1 is 1.26 bits per heavy atom. The smallest absolute Gasteiger partial charge is 0.254 e. The maximum absolute atomic E-state index is 13.0. The summed E-state index contributed by atoms with van der Waals surface area (Å²) >= 11 is 0. The van der Waals surface area contributed by atoms with Gasteiger partial charge in [-0.2, -0.15) is 0 Å². The Balaban J connectivity index is 1.64. The summed E-state index contributed by atoms with van der Waals surface area (Å²) in [5.74, 6) is 0.527. The summed E-state index contributed by atoms with van der Waals surface area (Å²) in [4.78, 5) is 19.3. The number of rotatable bonds is 2. The number of carbonyl (C=O) groups excluding carboxylic acids is 1. The lowest BCUT2D eigenvalue weighted by atomic mass is 9.84. The minimum atomic E-state index is 0.0504. The molecule has 4 rings (SSSR count). The van der Waals surface area contributed by atoms with Crippen molar-refractivity contribution < 1.29 is 14.3 Å². The van der Waals surface area contributed by atoms with Gasteiger partial charge < -0.3 is 14.4 Å². The first-order valence-corrected chi connectivity index (χ1v) is 8.08. The number of para-hydroxylation sites is 1. The van der Waals surface area contributed by atoms with Gasteiger partial charge in [-0.15, -0.1) is 0 Å². The minimum Gasteiger partial charge on any atom is -0.481 e. The second-order valence-corrected chi connectivity index (χ2v) is 6.30. The van der Waals surface area contributed by atoms with Crippen LogP contribution in [-0.4, -0.2) is 48.2 Å². The number of aromatic nitrogens is 1. The van der Waals surface area contributed by atoms with E-state index in [-0.39, 0.29) is 11.5 Å². The molecule has 5 heteroatoms. The average molecular weight is 312 g/mol. The van der Waals surface area contributed by atoms with Crippen molar-refractivity contribution in [2.45, 2.75) is 24.9 Å². The molecular weight excluding hydrogens is 292 g/mol. The SMILES string of the molecule is COc1cc(C(=O)N2CCC3(CCO3)CC2)c2ccccc2n1. The molecule has 0 radical (unpaired) electrons. The molecule has 1 amide bonds. The molecule has 0 N–H and O–H groups in total. The van der Waals surface area contributed by atoms with Crippen LogP contribution in [0.1, 0.15) is 29.6 Å². The number of pyridine rings is 1. The topological polar surface area (TPSA) is 51.7 Å². The molecule has 0 aliphatic carbocycles. The van der Waals surface area contributed by atoms with Crippen LogP contribution in [0.3, 0.4) is 0 Å². The standard InChI is InChI=1S/C18H20N2O3/c1-22-16-12-14(13-4-2-3-5-15(13)19-16)17(21)20-9-6-18(7-10-20)8-11-23-18/h2-5,12H,6-11H2,1H3. The van der Waals surface area contributed by atoms with E-state index in [0.717, 1.165) is 49.9 Å². The van der Waals surface area contributed by atoms with Crippen LogP contribution in [0, 0.1) is 0 Å². The Hall–Kier alpha value is -2.14. The Labute approximate surface area is 135 Å². The van der Waals surface area contributed by atoms with Gasteiger partial charge in [0.1, 0.15) is 0 Å². The zero-order chi connectivity index (χ0) is 15.9. The van der Waals surface area contributed by atoms with Crippen LogP contribution in [0.15, 0.2) is 30.3 Å². The van der Waals surface area contributed by atoms with Gasteiger partial charge in [0.05, 0.1) is 30.4 Å². The van der Waals surface area contributed by atoms with E-state index in [1.165, 1.54) is 0 Å². The monoisotopic (exact) mass is 312 g/mol. The van der Waals surface area contributed by atoms with Crippen molar-refractivity contribution in [2.75, 3.05) is 26.8 Å². The normalized spacial score (nSPS) is 19.6. The van der Waals surface area contributed by atoms with Gasteiger partial charge in [0.25, 0.3) is 5.91 Å². The highest BCUT2D eigenvalue weighted by molar-refractivity contribution is 6.06. The molecule has 1 aromatic carbocycles. The van der Waals surface area contributed by atoms with E-state index in [9.17, 15) is 4.79 Å². The molecule has 2 fully saturated rings. The molecule has 23 heavy (non-hydrogen) atoms. The van der Waals surface area contributed by atoms with Crippen molar-refractivity contribution in [3.63, 3.8) is 0 Å². The van der Waals surface area contributed by atoms with Crippen molar-refractivity contribution >= 4 is 16.8 Å². The summed E-state index contributed by atoms with van der Waals surface area (Å²) in [6.45, 7) is 2.36. The molecule has 0 bridgehead atoms. The molecule has 3 heterocycles. The van der Waals surface area contributed by atoms with Gasteiger partial charge in [-0.25, -0.2) is 4.98 Å². The maximum atomic E-state index is 13.0. The summed E-state index contributed by atoms with van der Waals surface area (Å²) in [6, 6.07) is 9.44. The van der Waals surface area contributed by atoms with Crippen LogP contribution >= 0.6 is 0 Å². The summed E-state index contributed by atoms with van der Waals surface area (Å²) in [6.07, 6.45) is 2.98. The lowest BCUT2D eigenvalue weighted by molar-refractivity contribution is -0.169. The first-order valence-electron chi connectivity index (χ1n) is 8.08. The number of benzene rings is 1. The molecule has 1 aromatic heterocycles. The number of piperidine rings is 1. The number of likely N-dealkylation sites (tertiary alicyclic amines) is 1. The predicted molar refractivity (Wildman–Crippen MR) is 86.7 cm³/mol. The van der Waals surface area contributed by atoms with Crippen molar-refractivity contribution in [1.29, 1.82) is 0 Å². The van der Waals surface area contributed by atoms with Gasteiger partial charge >= 0.3 is 0 Å². The fourth-order valence-corrected chi connectivity index (χ4v) is 3.51. The molecule has 1 spiro atoms. The number of nitrogens with zero attached hydrogens (tertiary/aromatic N) is 2. The van der Waals surface area contributed by atoms with Crippen LogP contribution in [0.4, 0.5) is 0 Å². The lowest BCUT2D eigenvalue weighted by Crippen LogP contribution is -2.53. The van der Waals surface area contributed by atoms with Crippen LogP contribution < -0.4 is 4.74 Å². The van der Waals surface area contributed by atoms with Crippen LogP contribution in [0.2, 0.25) is 0 Å². The summed E-state index contributed by atoms with van der Waals surface area (Å²) in [7, 11) is 1.57. The molecule has 2 aliphatic heterocycles. The fraction of sp³-hybridized carbons (Fsp3) is 0.444. The highest BCUT2D eigenvalue weighted by Gasteiger charge is 2.42. The van der Waals surface area contributed by atoms with E-state index < -0.39 is 0 Å². The molecular formula is C18H20N2O3. The van der Waals surface area contributed by atoms with Gasteiger partial charge in [0.15, 0.2) is 0 Å². The zero-order valence-corrected chi connectivity index (χ0v) is 13.2. The number of hydrogen-bond acceptors (Lipinski definition) is 4. The Morgan fingerprint density at radius 2 is 2.00 bits per heavy atom. The van der Waals surface area contributed by atoms with Gasteiger partial charge in [-0.05, 0) is 25.3 Å². The van der Waals surface area contributed by atoms with E-state index in [4.69, 9.17) is 9.47 Å². The van der Waals surface area contributed by atoms with Crippen LogP contribution in [-0.2, 0) is 4.74 Å². The van der Waals surface area contributed by atoms with E-state index in [2.05, 4.69) is 4.98 Å². The van der Waals surface area contributed by atoms with Gasteiger partial charge in [-0.3, -0.25) is 4.79 Å². The number of fused-ring (bicyclic) bond motifs is 1. The second kappa shape index (κ2) is 5.49. The third-order valence-electron chi connectivity index (χ3n) is 5.06. The quantitative estimate of drug-likeness (QED) is 0.855. The summed E-state index contributed by atoms with van der Waals surface area (Å²) < 4.78 is 11.0. The number of hydrogen-bond donors (Lipinski definition) is 0. The van der Waals surface area contributed by atoms with Crippen molar-refractivity contribution in [1.82, 2.24) is 9.88 Å². The zero-order valence-electron chi connectivity index (χ0n) is 13.2. The first kappa shape index (κ1) is 14.5.